The molecule has 26 heavy (non-hydrogen) atoms. The van der Waals surface area contributed by atoms with Gasteiger partial charge in [0.1, 0.15) is 11.8 Å². The summed E-state index contributed by atoms with van der Waals surface area (Å²) >= 11 is 0. The predicted molar refractivity (Wildman–Crippen MR) is 99.7 cm³/mol. The number of para-hydroxylation sites is 2. The third-order valence-electron chi connectivity index (χ3n) is 5.08. The van der Waals surface area contributed by atoms with Gasteiger partial charge in [-0.25, -0.2) is 0 Å². The molecule has 0 saturated carbocycles. The highest BCUT2D eigenvalue weighted by atomic mass is 16.3. The first-order valence-electron chi connectivity index (χ1n) is 9.08. The van der Waals surface area contributed by atoms with Gasteiger partial charge in [0.15, 0.2) is 5.78 Å². The van der Waals surface area contributed by atoms with Gasteiger partial charge in [-0.1, -0.05) is 26.0 Å². The van der Waals surface area contributed by atoms with E-state index in [1.807, 2.05) is 37.3 Å². The van der Waals surface area contributed by atoms with Crippen LogP contribution in [0.3, 0.4) is 0 Å². The van der Waals surface area contributed by atoms with Gasteiger partial charge in [0, 0.05) is 24.1 Å². The summed E-state index contributed by atoms with van der Waals surface area (Å²) in [5, 5.41) is 3.45. The molecule has 2 heterocycles. The van der Waals surface area contributed by atoms with Crippen molar-refractivity contribution in [2.45, 2.75) is 39.2 Å². The third-order valence-corrected chi connectivity index (χ3v) is 5.08. The van der Waals surface area contributed by atoms with Crippen LogP contribution in [-0.2, 0) is 9.59 Å². The lowest BCUT2D eigenvalue weighted by Crippen LogP contribution is -2.38. The largest absolute Gasteiger partial charge is 0.467 e. The van der Waals surface area contributed by atoms with Crippen molar-refractivity contribution in [1.82, 2.24) is 0 Å². The Bertz CT molecular complexity index is 882. The first-order chi connectivity index (χ1) is 12.6. The van der Waals surface area contributed by atoms with Gasteiger partial charge in [0.25, 0.3) is 0 Å². The van der Waals surface area contributed by atoms with E-state index in [1.54, 1.807) is 17.2 Å². The smallest absolute Gasteiger partial charge is 0.227 e. The SMILES string of the molecule is CCC(=O)N1c2ccccc2NC2=C(C(=O)C[C@H](C)C2)[C@H]1c1ccco1. The van der Waals surface area contributed by atoms with Crippen molar-refractivity contribution >= 4 is 23.1 Å². The minimum absolute atomic E-state index is 0.0409. The van der Waals surface area contributed by atoms with E-state index in [1.165, 1.54) is 0 Å². The summed E-state index contributed by atoms with van der Waals surface area (Å²) in [6.07, 6.45) is 3.20. The fourth-order valence-electron chi connectivity index (χ4n) is 3.95. The van der Waals surface area contributed by atoms with Crippen LogP contribution in [0.25, 0.3) is 0 Å². The summed E-state index contributed by atoms with van der Waals surface area (Å²) in [6.45, 7) is 3.92. The average Bonchev–Trinajstić information content (AvgIpc) is 3.10. The molecule has 0 saturated heterocycles. The second kappa shape index (κ2) is 6.48. The fourth-order valence-corrected chi connectivity index (χ4v) is 3.95. The molecule has 2 aromatic rings. The minimum Gasteiger partial charge on any atom is -0.467 e. The monoisotopic (exact) mass is 350 g/mol. The van der Waals surface area contributed by atoms with Crippen LogP contribution in [0.5, 0.6) is 0 Å². The van der Waals surface area contributed by atoms with Crippen molar-refractivity contribution in [3.05, 3.63) is 59.7 Å². The Labute approximate surface area is 152 Å². The zero-order valence-corrected chi connectivity index (χ0v) is 15.0. The number of allylic oxidation sites excluding steroid dienone is 1. The molecule has 0 bridgehead atoms. The van der Waals surface area contributed by atoms with Crippen LogP contribution < -0.4 is 10.2 Å². The number of nitrogens with zero attached hydrogens (tertiary/aromatic N) is 1. The summed E-state index contributed by atoms with van der Waals surface area (Å²) in [5.74, 6) is 0.919. The van der Waals surface area contributed by atoms with Crippen molar-refractivity contribution in [2.24, 2.45) is 5.92 Å². The van der Waals surface area contributed by atoms with Gasteiger partial charge >= 0.3 is 0 Å². The second-order valence-electron chi connectivity index (χ2n) is 7.01. The van der Waals surface area contributed by atoms with E-state index >= 15 is 0 Å². The maximum atomic E-state index is 13.0. The molecule has 4 rings (SSSR count). The Morgan fingerprint density at radius 1 is 1.23 bits per heavy atom. The van der Waals surface area contributed by atoms with Crippen molar-refractivity contribution in [3.8, 4) is 0 Å². The lowest BCUT2D eigenvalue weighted by molar-refractivity contribution is -0.119. The summed E-state index contributed by atoms with van der Waals surface area (Å²) in [5.41, 5.74) is 3.17. The number of anilines is 2. The molecule has 0 fully saturated rings. The van der Waals surface area contributed by atoms with E-state index in [-0.39, 0.29) is 17.6 Å². The van der Waals surface area contributed by atoms with Crippen LogP contribution in [0.2, 0.25) is 0 Å². The van der Waals surface area contributed by atoms with Crippen LogP contribution in [0, 0.1) is 5.92 Å². The molecule has 1 aromatic heterocycles. The molecular weight excluding hydrogens is 328 g/mol. The van der Waals surface area contributed by atoms with Crippen molar-refractivity contribution in [3.63, 3.8) is 0 Å². The number of rotatable bonds is 2. The Balaban J connectivity index is 1.99. The molecule has 1 aliphatic heterocycles. The van der Waals surface area contributed by atoms with E-state index < -0.39 is 6.04 Å². The van der Waals surface area contributed by atoms with Crippen molar-refractivity contribution < 1.29 is 14.0 Å². The lowest BCUT2D eigenvalue weighted by atomic mass is 9.83. The van der Waals surface area contributed by atoms with E-state index in [9.17, 15) is 9.59 Å². The molecule has 134 valence electrons. The molecule has 1 N–H and O–H groups in total. The molecule has 0 unspecified atom stereocenters. The van der Waals surface area contributed by atoms with Gasteiger partial charge < -0.3 is 9.73 Å². The number of benzene rings is 1. The van der Waals surface area contributed by atoms with Crippen molar-refractivity contribution in [2.75, 3.05) is 10.2 Å². The topological polar surface area (TPSA) is 62.6 Å². The van der Waals surface area contributed by atoms with Crippen LogP contribution in [0.1, 0.15) is 44.9 Å². The van der Waals surface area contributed by atoms with Crippen LogP contribution in [0.15, 0.2) is 58.3 Å². The molecule has 2 aliphatic rings. The minimum atomic E-state index is -0.538. The Kier molecular flexibility index (Phi) is 4.15. The number of nitrogens with one attached hydrogen (secondary N) is 1. The molecule has 1 aliphatic carbocycles. The third kappa shape index (κ3) is 2.64. The van der Waals surface area contributed by atoms with Gasteiger partial charge in [-0.3, -0.25) is 14.5 Å². The average molecular weight is 350 g/mol. The van der Waals surface area contributed by atoms with Crippen LogP contribution in [-0.4, -0.2) is 11.7 Å². The number of amides is 1. The second-order valence-corrected chi connectivity index (χ2v) is 7.01. The normalized spacial score (nSPS) is 22.4. The Morgan fingerprint density at radius 2 is 2.04 bits per heavy atom. The number of fused-ring (bicyclic) bond motifs is 1. The molecule has 0 spiro atoms. The number of furan rings is 1. The highest BCUT2D eigenvalue weighted by Gasteiger charge is 2.41. The Morgan fingerprint density at radius 3 is 2.77 bits per heavy atom. The zero-order valence-electron chi connectivity index (χ0n) is 15.0. The molecule has 0 radical (unpaired) electrons. The zero-order chi connectivity index (χ0) is 18.3. The molecular formula is C21H22N2O3. The number of ketones is 1. The van der Waals surface area contributed by atoms with Crippen LogP contribution >= 0.6 is 0 Å². The molecule has 1 aromatic carbocycles. The standard InChI is InChI=1S/C21H22N2O3/c1-3-19(25)23-16-8-5-4-7-14(16)22-15-11-13(2)12-17(24)20(15)21(23)18-9-6-10-26-18/h4-10,13,21-22H,3,11-12H2,1-2H3/t13-,21-/m1/s1. The number of carbonyl (C=O) groups excluding carboxylic acids is 2. The van der Waals surface area contributed by atoms with Gasteiger partial charge in [0.2, 0.25) is 5.91 Å². The number of hydrogen-bond donors (Lipinski definition) is 1. The quantitative estimate of drug-likeness (QED) is 0.869. The summed E-state index contributed by atoms with van der Waals surface area (Å²) < 4.78 is 5.68. The van der Waals surface area contributed by atoms with Gasteiger partial charge in [-0.05, 0) is 36.6 Å². The maximum Gasteiger partial charge on any atom is 0.227 e. The summed E-state index contributed by atoms with van der Waals surface area (Å²) in [4.78, 5) is 27.7. The van der Waals surface area contributed by atoms with Crippen LogP contribution in [0.4, 0.5) is 11.4 Å². The summed E-state index contributed by atoms with van der Waals surface area (Å²) in [7, 11) is 0. The van der Waals surface area contributed by atoms with Crippen molar-refractivity contribution in [1.29, 1.82) is 0 Å². The lowest BCUT2D eigenvalue weighted by Gasteiger charge is -2.32. The van der Waals surface area contributed by atoms with E-state index in [0.717, 1.165) is 23.5 Å². The predicted octanol–water partition coefficient (Wildman–Crippen LogP) is 4.44. The number of hydrogen-bond acceptors (Lipinski definition) is 4. The first-order valence-corrected chi connectivity index (χ1v) is 9.08. The Hall–Kier alpha value is -2.82. The highest BCUT2D eigenvalue weighted by Crippen LogP contribution is 2.45. The highest BCUT2D eigenvalue weighted by molar-refractivity contribution is 6.05. The van der Waals surface area contributed by atoms with E-state index in [4.69, 9.17) is 4.42 Å². The first kappa shape index (κ1) is 16.6. The van der Waals surface area contributed by atoms with Gasteiger partial charge in [-0.15, -0.1) is 0 Å². The molecule has 5 heteroatoms. The number of carbonyl (C=O) groups is 2. The summed E-state index contributed by atoms with van der Waals surface area (Å²) in [6, 6.07) is 10.8. The molecule has 5 nitrogen and oxygen atoms in total. The number of Topliss-reactive ketones (excluding diaryl/α,β-unsaturated/α-hetero) is 1. The fraction of sp³-hybridized carbons (Fsp3) is 0.333. The molecule has 2 atom stereocenters. The van der Waals surface area contributed by atoms with E-state index in [2.05, 4.69) is 12.2 Å². The van der Waals surface area contributed by atoms with Gasteiger partial charge in [-0.2, -0.15) is 0 Å². The van der Waals surface area contributed by atoms with E-state index in [0.29, 0.717) is 24.2 Å². The molecule has 1 amide bonds. The maximum absolute atomic E-state index is 13.0. The van der Waals surface area contributed by atoms with Gasteiger partial charge in [0.05, 0.1) is 17.6 Å².